The van der Waals surface area contributed by atoms with Crippen LogP contribution in [0.15, 0.2) is 140 Å². The van der Waals surface area contributed by atoms with Gasteiger partial charge in [0.25, 0.3) is 17.7 Å². The normalized spacial score (nSPS) is 16.8. The molecule has 3 amide bonds. The number of pyridine rings is 7. The molecule has 13 rings (SSSR count). The molecule has 108 heavy (non-hydrogen) atoms. The van der Waals surface area contributed by atoms with Crippen LogP contribution in [-0.2, 0) is 38.2 Å². The Morgan fingerprint density at radius 2 is 0.991 bits per heavy atom. The van der Waals surface area contributed by atoms with Crippen molar-refractivity contribution in [2.75, 3.05) is 116 Å². The molecule has 3 N–H and O–H groups in total. The molecule has 0 bridgehead atoms. The number of likely N-dealkylation sites (tertiary alicyclic amines) is 1. The van der Waals surface area contributed by atoms with Crippen molar-refractivity contribution in [1.82, 2.24) is 39.8 Å². The highest BCUT2D eigenvalue weighted by Gasteiger charge is 2.41. The molecule has 11 heterocycles. The number of rotatable bonds is 19. The predicted molar refractivity (Wildman–Crippen MR) is 380 cm³/mol. The third kappa shape index (κ3) is 17.0. The van der Waals surface area contributed by atoms with Crippen LogP contribution in [0.1, 0.15) is 84.5 Å². The molecule has 4 saturated heterocycles. The number of ether oxygens (including phenoxy) is 5. The number of anilines is 6. The zero-order valence-corrected chi connectivity index (χ0v) is 58.7. The molecule has 2 atom stereocenters. The van der Waals surface area contributed by atoms with Crippen molar-refractivity contribution >= 4 is 51.8 Å². The summed E-state index contributed by atoms with van der Waals surface area (Å²) in [6.07, 6.45) is -5.60. The van der Waals surface area contributed by atoms with E-state index in [9.17, 15) is 59.2 Å². The minimum atomic E-state index is -4.76. The van der Waals surface area contributed by atoms with Crippen molar-refractivity contribution in [2.24, 2.45) is 0 Å². The lowest BCUT2D eigenvalue weighted by Gasteiger charge is -2.47. The molecule has 560 valence electrons. The van der Waals surface area contributed by atoms with E-state index in [0.717, 1.165) is 42.6 Å². The second-order valence-corrected chi connectivity index (χ2v) is 26.8. The highest BCUT2D eigenvalue weighted by molar-refractivity contribution is 6.06. The number of benzene rings is 2. The Hall–Kier alpha value is -11.4. The van der Waals surface area contributed by atoms with Gasteiger partial charge in [0, 0.05) is 138 Å². The molecule has 0 spiro atoms. The Kier molecular flexibility index (Phi) is 21.4. The van der Waals surface area contributed by atoms with Crippen molar-refractivity contribution in [3.63, 3.8) is 0 Å². The fourth-order valence-electron chi connectivity index (χ4n) is 12.9. The maximum Gasteiger partial charge on any atom is 0.433 e. The number of halogens is 9. The van der Waals surface area contributed by atoms with Gasteiger partial charge in [-0.15, -0.1) is 0 Å². The number of aromatic nitrogens is 7. The lowest BCUT2D eigenvalue weighted by atomic mass is 9.88. The lowest BCUT2D eigenvalue weighted by Crippen LogP contribution is -2.62. The van der Waals surface area contributed by atoms with E-state index in [1.54, 1.807) is 71.4 Å². The molecule has 2 unspecified atom stereocenters. The molecule has 2 aromatic carbocycles. The lowest BCUT2D eigenvalue weighted by molar-refractivity contribution is -0.141. The van der Waals surface area contributed by atoms with Crippen molar-refractivity contribution in [2.45, 2.75) is 77.0 Å². The van der Waals surface area contributed by atoms with Gasteiger partial charge in [0.05, 0.1) is 103 Å². The molecule has 0 saturated carbocycles. The topological polar surface area (TPSA) is 260 Å². The summed E-state index contributed by atoms with van der Waals surface area (Å²) < 4.78 is 154. The van der Waals surface area contributed by atoms with E-state index in [2.05, 4.69) is 61.6 Å². The summed E-state index contributed by atoms with van der Waals surface area (Å²) in [4.78, 5) is 79.9. The quantitative estimate of drug-likeness (QED) is 0.0635. The van der Waals surface area contributed by atoms with E-state index < -0.39 is 76.9 Å². The van der Waals surface area contributed by atoms with Gasteiger partial charge in [-0.3, -0.25) is 44.2 Å². The Morgan fingerprint density at radius 3 is 1.51 bits per heavy atom. The molecule has 0 radical (unpaired) electrons. The van der Waals surface area contributed by atoms with Crippen molar-refractivity contribution in [3.05, 3.63) is 197 Å². The first kappa shape index (κ1) is 74.9. The molecular formula is C76H70F9N15O8. The molecule has 0 aliphatic carbocycles. The van der Waals surface area contributed by atoms with Gasteiger partial charge in [0.2, 0.25) is 11.8 Å². The first-order chi connectivity index (χ1) is 51.5. The number of hydrogen-bond acceptors (Lipinski definition) is 20. The van der Waals surface area contributed by atoms with E-state index in [-0.39, 0.29) is 65.3 Å². The van der Waals surface area contributed by atoms with Gasteiger partial charge in [-0.25, -0.2) is 9.97 Å². The Balaban J connectivity index is 0.741. The van der Waals surface area contributed by atoms with Gasteiger partial charge < -0.3 is 54.3 Å². The summed E-state index contributed by atoms with van der Waals surface area (Å²) in [6.45, 7) is 13.4. The Labute approximate surface area is 613 Å². The van der Waals surface area contributed by atoms with Crippen LogP contribution < -0.4 is 40.1 Å². The molecular weight excluding hydrogens is 1420 g/mol. The SMILES string of the molecule is Cc1ncc(NC(=O)c2ccnc(C(F)(F)F)c2)cc1-c1cnc(OCC2CN(c3cc(-c4cc(NC(=O)c5cccc(C(F)(F)F)c5)cnc4C)cnc3OC3CN(C4CN(c5cc(-c6cc(NC(=O)c7cccc(C(F)(F)F)c7)cnc6C)cnc5C(C)(C)C#N)CCO4)C3)CCO2)c(N2CCOCC2)c1. The fourth-order valence-corrected chi connectivity index (χ4v) is 12.9. The summed E-state index contributed by atoms with van der Waals surface area (Å²) >= 11 is 0. The molecule has 4 aliphatic rings. The van der Waals surface area contributed by atoms with Gasteiger partial charge in [-0.05, 0) is 120 Å². The summed E-state index contributed by atoms with van der Waals surface area (Å²) in [5.74, 6) is -1.80. The molecule has 4 aliphatic heterocycles. The van der Waals surface area contributed by atoms with E-state index in [0.29, 0.717) is 145 Å². The van der Waals surface area contributed by atoms with Gasteiger partial charge >= 0.3 is 18.5 Å². The first-order valence-electron chi connectivity index (χ1n) is 34.3. The monoisotopic (exact) mass is 1490 g/mol. The van der Waals surface area contributed by atoms with Crippen molar-refractivity contribution < 1.29 is 77.6 Å². The number of alkyl halides is 9. The van der Waals surface area contributed by atoms with E-state index in [4.69, 9.17) is 38.6 Å². The van der Waals surface area contributed by atoms with Crippen LogP contribution in [0.25, 0.3) is 33.4 Å². The smallest absolute Gasteiger partial charge is 0.433 e. The molecule has 32 heteroatoms. The van der Waals surface area contributed by atoms with Crippen LogP contribution in [0.4, 0.5) is 73.6 Å². The number of carbonyl (C=O) groups excluding carboxylic acids is 3. The van der Waals surface area contributed by atoms with Crippen LogP contribution >= 0.6 is 0 Å². The zero-order chi connectivity index (χ0) is 76.4. The second kappa shape index (κ2) is 30.8. The third-order valence-electron chi connectivity index (χ3n) is 18.8. The molecule has 7 aromatic heterocycles. The van der Waals surface area contributed by atoms with Crippen LogP contribution in [-0.4, -0.2) is 161 Å². The summed E-state index contributed by atoms with van der Waals surface area (Å²) in [5.41, 5.74) is 3.23. The summed E-state index contributed by atoms with van der Waals surface area (Å²) in [6, 6.07) is 23.1. The number of amides is 3. The van der Waals surface area contributed by atoms with E-state index in [1.165, 1.54) is 36.8 Å². The van der Waals surface area contributed by atoms with Gasteiger partial charge in [0.15, 0.2) is 0 Å². The predicted octanol–water partition coefficient (Wildman–Crippen LogP) is 13.0. The first-order valence-corrected chi connectivity index (χ1v) is 34.3. The third-order valence-corrected chi connectivity index (χ3v) is 18.8. The highest BCUT2D eigenvalue weighted by atomic mass is 19.4. The zero-order valence-electron chi connectivity index (χ0n) is 58.7. The van der Waals surface area contributed by atoms with Crippen LogP contribution in [0.5, 0.6) is 11.8 Å². The number of nitrogens with zero attached hydrogens (tertiary/aromatic N) is 12. The highest BCUT2D eigenvalue weighted by Crippen LogP contribution is 2.41. The van der Waals surface area contributed by atoms with Crippen molar-refractivity contribution in [3.8, 4) is 51.2 Å². The largest absolute Gasteiger partial charge is 0.473 e. The summed E-state index contributed by atoms with van der Waals surface area (Å²) in [7, 11) is 0. The number of hydrogen-bond donors (Lipinski definition) is 3. The van der Waals surface area contributed by atoms with Crippen LogP contribution in [0.2, 0.25) is 0 Å². The average molecular weight is 1490 g/mol. The number of nitrogens with one attached hydrogen (secondary N) is 3. The number of carbonyl (C=O) groups is 3. The second-order valence-electron chi connectivity index (χ2n) is 26.8. The standard InChI is InChI=1S/C76H70F9N15O8/c1-43-59(28-54(34-88-43)94-68(101)46-8-6-10-52(22-46)74(77,78)79)49-24-62(67(91-31-49)73(4,5)42-86)99-17-21-106-66(40-99)100-37-57(38-100)108-72-64(26-51(33-93-72)61-29-55(35-89-45(61)3)95-69(102)47-9-7-11-53(23-47)75(80,81)82)98-16-20-105-58(39-98)41-107-71-63(97-14-18-104-19-15-97)25-50(32-92-71)60-30-56(36-90-44(60)2)96-70(103)48-12-13-87-65(27-48)76(83,84)85/h6-13,22-36,57-58,66H,14-21,37-41H2,1-5H3,(H,94,101)(H,95,102)(H,96,103). The number of aryl methyl sites for hydroxylation is 3. The van der Waals surface area contributed by atoms with Gasteiger partial charge in [-0.1, -0.05) is 12.1 Å². The number of nitriles is 1. The maximum absolute atomic E-state index is 13.7. The maximum atomic E-state index is 13.7. The van der Waals surface area contributed by atoms with E-state index in [1.807, 2.05) is 18.2 Å². The minimum Gasteiger partial charge on any atom is -0.473 e. The molecule has 9 aromatic rings. The van der Waals surface area contributed by atoms with Crippen LogP contribution in [0.3, 0.4) is 0 Å². The Morgan fingerprint density at radius 1 is 0.519 bits per heavy atom. The minimum absolute atomic E-state index is 0.0118. The van der Waals surface area contributed by atoms with Crippen LogP contribution in [0, 0.1) is 32.1 Å². The van der Waals surface area contributed by atoms with Gasteiger partial charge in [0.1, 0.15) is 42.1 Å². The fraction of sp³-hybridized carbons (Fsp3) is 0.329. The van der Waals surface area contributed by atoms with Crippen molar-refractivity contribution in [1.29, 1.82) is 5.26 Å². The Bertz CT molecular complexity index is 4930. The van der Waals surface area contributed by atoms with Gasteiger partial charge in [-0.2, -0.15) is 44.8 Å². The average Bonchev–Trinajstić information content (AvgIpc) is 0.775. The molecule has 4 fully saturated rings. The summed E-state index contributed by atoms with van der Waals surface area (Å²) in [5, 5.41) is 18.5. The number of morpholine rings is 3. The van der Waals surface area contributed by atoms with E-state index >= 15 is 0 Å². The molecule has 23 nitrogen and oxygen atoms in total.